The van der Waals surface area contributed by atoms with Gasteiger partial charge in [-0.15, -0.1) is 11.3 Å². The topological polar surface area (TPSA) is 74.4 Å². The zero-order chi connectivity index (χ0) is 20.3. The number of hydrogen-bond acceptors (Lipinski definition) is 5. The van der Waals surface area contributed by atoms with Gasteiger partial charge in [0.1, 0.15) is 28.7 Å². The molecule has 0 saturated carbocycles. The number of benzene rings is 2. The molecule has 1 aromatic heterocycles. The number of aromatic nitrogens is 1. The Morgan fingerprint density at radius 1 is 1.21 bits per heavy atom. The number of carbonyl (C=O) groups excluding carboxylic acids is 1. The van der Waals surface area contributed by atoms with Crippen LogP contribution in [0.5, 0.6) is 11.5 Å². The highest BCUT2D eigenvalue weighted by molar-refractivity contribution is 7.21. The first-order chi connectivity index (χ1) is 13.4. The third-order valence-corrected chi connectivity index (χ3v) is 5.07. The second kappa shape index (κ2) is 8.39. The predicted octanol–water partition coefficient (Wildman–Crippen LogP) is 3.15. The van der Waals surface area contributed by atoms with Crippen molar-refractivity contribution in [3.8, 4) is 22.8 Å². The molecule has 2 N–H and O–H groups in total. The molecule has 0 bridgehead atoms. The minimum atomic E-state index is -1.20. The minimum Gasteiger partial charge on any atom is -0.497 e. The van der Waals surface area contributed by atoms with Gasteiger partial charge in [-0.2, -0.15) is 0 Å². The lowest BCUT2D eigenvalue weighted by Gasteiger charge is -2.08. The van der Waals surface area contributed by atoms with Gasteiger partial charge in [-0.05, 0) is 41.2 Å². The number of carbonyl (C=O) groups is 1. The molecule has 9 heteroatoms. The summed E-state index contributed by atoms with van der Waals surface area (Å²) in [5.74, 6) is -2.88. The summed E-state index contributed by atoms with van der Waals surface area (Å²) in [5.41, 5.74) is 5.87. The van der Waals surface area contributed by atoms with E-state index in [0.717, 1.165) is 33.9 Å². The molecule has 1 heterocycles. The maximum absolute atomic E-state index is 14.3. The van der Waals surface area contributed by atoms with Crippen molar-refractivity contribution in [1.29, 1.82) is 0 Å². The van der Waals surface area contributed by atoms with E-state index in [2.05, 4.69) is 4.98 Å². The van der Waals surface area contributed by atoms with Gasteiger partial charge in [0.15, 0.2) is 18.8 Å². The molecule has 0 atom stereocenters. The molecule has 0 fully saturated rings. The van der Waals surface area contributed by atoms with E-state index < -0.39 is 23.1 Å². The highest BCUT2D eigenvalue weighted by Crippen LogP contribution is 2.26. The summed E-state index contributed by atoms with van der Waals surface area (Å²) in [6.45, 7) is 1.85. The quantitative estimate of drug-likeness (QED) is 0.618. The molecule has 0 aliphatic rings. The van der Waals surface area contributed by atoms with Gasteiger partial charge in [0.05, 0.1) is 12.8 Å². The monoisotopic (exact) mass is 401 g/mol. The molecule has 143 valence electrons. The Kier molecular flexibility index (Phi) is 5.94. The van der Waals surface area contributed by atoms with Crippen molar-refractivity contribution in [2.75, 3.05) is 7.11 Å². The average molecular weight is 401 g/mol. The second-order valence-corrected chi connectivity index (χ2v) is 6.84. The van der Waals surface area contributed by atoms with Crippen LogP contribution in [-0.4, -0.2) is 25.3 Å². The fraction of sp³-hybridized carbons (Fsp3) is 0.158. The number of primary amides is 1. The van der Waals surface area contributed by atoms with Gasteiger partial charge in [0.25, 0.3) is 5.91 Å². The van der Waals surface area contributed by atoms with E-state index in [-0.39, 0.29) is 12.4 Å². The fourth-order valence-corrected chi connectivity index (χ4v) is 3.49. The zero-order valence-corrected chi connectivity index (χ0v) is 16.0. The summed E-state index contributed by atoms with van der Waals surface area (Å²) in [5, 5.41) is 0.600. The maximum Gasteiger partial charge on any atom is 0.254 e. The molecule has 0 aliphatic heterocycles. The van der Waals surface area contributed by atoms with Crippen LogP contribution >= 0.6 is 11.3 Å². The fourth-order valence-electron chi connectivity index (χ4n) is 2.60. The number of nitrogens with two attached hydrogens (primary N) is 1. The molecule has 3 aromatic rings. The van der Waals surface area contributed by atoms with Crippen LogP contribution in [-0.2, 0) is 6.61 Å². The number of ether oxygens (including phenoxy) is 2. The van der Waals surface area contributed by atoms with E-state index in [1.807, 2.05) is 38.4 Å². The number of methoxy groups -OCH3 is 1. The highest BCUT2D eigenvalue weighted by atomic mass is 32.1. The van der Waals surface area contributed by atoms with Crippen molar-refractivity contribution in [1.82, 2.24) is 4.98 Å². The van der Waals surface area contributed by atoms with Crippen molar-refractivity contribution < 1.29 is 23.0 Å². The molecule has 5 nitrogen and oxygen atoms in total. The molecule has 1 radical (unpaired) electrons. The summed E-state index contributed by atoms with van der Waals surface area (Å²) < 4.78 is 39.4. The number of halogens is 2. The van der Waals surface area contributed by atoms with Crippen LogP contribution in [0.2, 0.25) is 6.82 Å². The summed E-state index contributed by atoms with van der Waals surface area (Å²) in [6.07, 6.45) is 0. The lowest BCUT2D eigenvalue weighted by atomic mass is 9.78. The first-order valence-corrected chi connectivity index (χ1v) is 9.10. The first-order valence-electron chi connectivity index (χ1n) is 8.28. The van der Waals surface area contributed by atoms with Crippen molar-refractivity contribution in [3.63, 3.8) is 0 Å². The van der Waals surface area contributed by atoms with E-state index in [1.54, 1.807) is 7.11 Å². The van der Waals surface area contributed by atoms with Crippen LogP contribution < -0.4 is 20.0 Å². The van der Waals surface area contributed by atoms with Crippen molar-refractivity contribution in [3.05, 3.63) is 58.6 Å². The number of rotatable bonds is 7. The van der Waals surface area contributed by atoms with Crippen LogP contribution in [0.1, 0.15) is 15.4 Å². The van der Waals surface area contributed by atoms with Crippen molar-refractivity contribution >= 4 is 29.3 Å². The van der Waals surface area contributed by atoms with Crippen LogP contribution in [0.25, 0.3) is 11.3 Å². The smallest absolute Gasteiger partial charge is 0.254 e. The van der Waals surface area contributed by atoms with E-state index in [9.17, 15) is 13.6 Å². The second-order valence-electron chi connectivity index (χ2n) is 5.73. The molecule has 0 unspecified atom stereocenters. The molecule has 0 saturated heterocycles. The van der Waals surface area contributed by atoms with E-state index in [1.165, 1.54) is 11.3 Å². The van der Waals surface area contributed by atoms with Gasteiger partial charge in [0, 0.05) is 5.56 Å². The van der Waals surface area contributed by atoms with E-state index in [0.29, 0.717) is 5.01 Å². The highest BCUT2D eigenvalue weighted by Gasteiger charge is 2.20. The lowest BCUT2D eigenvalue weighted by Crippen LogP contribution is -2.16. The van der Waals surface area contributed by atoms with Gasteiger partial charge in [0.2, 0.25) is 0 Å². The van der Waals surface area contributed by atoms with Crippen molar-refractivity contribution in [2.24, 2.45) is 5.73 Å². The number of nitrogens with zero attached hydrogens (tertiary/aromatic N) is 1. The Morgan fingerprint density at radius 2 is 1.93 bits per heavy atom. The molecule has 3 rings (SSSR count). The number of thiazole rings is 1. The molecule has 28 heavy (non-hydrogen) atoms. The Hall–Kier alpha value is -2.94. The zero-order valence-electron chi connectivity index (χ0n) is 15.2. The Labute approximate surface area is 165 Å². The largest absolute Gasteiger partial charge is 0.497 e. The molecular formula is C19H16BF2N2O3S. The SMILES string of the molecule is C[B]c1sc(COc2ccc(F)c(C(N)=O)c2F)nc1-c1ccc(OC)cc1. The van der Waals surface area contributed by atoms with Gasteiger partial charge in [-0.3, -0.25) is 4.79 Å². The number of amides is 1. The summed E-state index contributed by atoms with van der Waals surface area (Å²) in [7, 11) is 3.52. The standard InChI is InChI=1S/C19H16BF2N2O3S/c1-20-18-17(10-3-5-11(26-2)6-4-10)24-14(28-18)9-27-13-8-7-12(21)15(16(13)22)19(23)25/h3-8H,9H2,1-2H3,(H2,23,25). The average Bonchev–Trinajstić information content (AvgIpc) is 3.10. The van der Waals surface area contributed by atoms with Crippen LogP contribution in [0.15, 0.2) is 36.4 Å². The lowest BCUT2D eigenvalue weighted by molar-refractivity contribution is 0.0991. The number of hydrogen-bond donors (Lipinski definition) is 1. The molecule has 2 aromatic carbocycles. The molecule has 0 aliphatic carbocycles. The van der Waals surface area contributed by atoms with Gasteiger partial charge >= 0.3 is 0 Å². The molecule has 0 spiro atoms. The Morgan fingerprint density at radius 3 is 2.54 bits per heavy atom. The Bertz CT molecular complexity index is 1010. The van der Waals surface area contributed by atoms with Crippen LogP contribution in [0, 0.1) is 11.6 Å². The van der Waals surface area contributed by atoms with Gasteiger partial charge in [-0.25, -0.2) is 13.8 Å². The van der Waals surface area contributed by atoms with Crippen LogP contribution in [0.4, 0.5) is 8.78 Å². The molecular weight excluding hydrogens is 385 g/mol. The third-order valence-electron chi connectivity index (χ3n) is 3.98. The van der Waals surface area contributed by atoms with Gasteiger partial charge < -0.3 is 15.2 Å². The van der Waals surface area contributed by atoms with Crippen LogP contribution in [0.3, 0.4) is 0 Å². The third kappa shape index (κ3) is 3.99. The summed E-state index contributed by atoms with van der Waals surface area (Å²) >= 11 is 1.39. The van der Waals surface area contributed by atoms with Crippen molar-refractivity contribution in [2.45, 2.75) is 13.4 Å². The van der Waals surface area contributed by atoms with E-state index >= 15 is 0 Å². The van der Waals surface area contributed by atoms with E-state index in [4.69, 9.17) is 15.2 Å². The Balaban J connectivity index is 1.83. The normalized spacial score (nSPS) is 10.6. The first kappa shape index (κ1) is 19.8. The predicted molar refractivity (Wildman–Crippen MR) is 105 cm³/mol. The maximum atomic E-state index is 14.3. The summed E-state index contributed by atoms with van der Waals surface area (Å²) in [4.78, 5) is 15.8. The summed E-state index contributed by atoms with van der Waals surface area (Å²) in [6, 6.07) is 9.51. The minimum absolute atomic E-state index is 0.0393. The molecule has 1 amide bonds. The van der Waals surface area contributed by atoms with Gasteiger partial charge in [-0.1, -0.05) is 6.82 Å².